The van der Waals surface area contributed by atoms with Gasteiger partial charge in [0.05, 0.1) is 20.0 Å². The minimum Gasteiger partial charge on any atom is -0.317 e. The molecule has 124 valence electrons. The van der Waals surface area contributed by atoms with Crippen LogP contribution in [0.25, 0.3) is 0 Å². The maximum atomic E-state index is 4.48. The predicted molar refractivity (Wildman–Crippen MR) is 101 cm³/mol. The maximum absolute atomic E-state index is 4.48. The van der Waals surface area contributed by atoms with Gasteiger partial charge in [0.15, 0.2) is 10.3 Å². The van der Waals surface area contributed by atoms with Crippen molar-refractivity contribution < 1.29 is 0 Å². The SMILES string of the molecule is Cc1ccc(CN2CN(c3nccs3)CN(c3nccs3)C2)cc1. The first-order valence-electron chi connectivity index (χ1n) is 7.85. The summed E-state index contributed by atoms with van der Waals surface area (Å²) in [7, 11) is 0. The molecule has 3 aromatic rings. The number of hydrogen-bond acceptors (Lipinski definition) is 7. The van der Waals surface area contributed by atoms with Gasteiger partial charge in [-0.05, 0) is 12.5 Å². The average Bonchev–Trinajstić information content (AvgIpc) is 3.30. The van der Waals surface area contributed by atoms with E-state index in [9.17, 15) is 0 Å². The summed E-state index contributed by atoms with van der Waals surface area (Å²) in [6.07, 6.45) is 3.74. The van der Waals surface area contributed by atoms with Crippen molar-refractivity contribution in [3.05, 3.63) is 58.5 Å². The highest BCUT2D eigenvalue weighted by Gasteiger charge is 2.26. The molecule has 24 heavy (non-hydrogen) atoms. The van der Waals surface area contributed by atoms with Crippen molar-refractivity contribution in [1.82, 2.24) is 14.9 Å². The summed E-state index contributed by atoms with van der Waals surface area (Å²) >= 11 is 3.37. The third kappa shape index (κ3) is 3.43. The summed E-state index contributed by atoms with van der Waals surface area (Å²) in [5.74, 6) is 0. The molecule has 1 aliphatic heterocycles. The van der Waals surface area contributed by atoms with Gasteiger partial charge < -0.3 is 9.80 Å². The summed E-state index contributed by atoms with van der Waals surface area (Å²) < 4.78 is 0. The summed E-state index contributed by atoms with van der Waals surface area (Å²) in [5.41, 5.74) is 2.63. The molecule has 0 amide bonds. The highest BCUT2D eigenvalue weighted by atomic mass is 32.1. The zero-order chi connectivity index (χ0) is 16.4. The van der Waals surface area contributed by atoms with Crippen molar-refractivity contribution in [3.8, 4) is 0 Å². The molecule has 4 rings (SSSR count). The second-order valence-electron chi connectivity index (χ2n) is 5.95. The van der Waals surface area contributed by atoms with Gasteiger partial charge in [0.2, 0.25) is 0 Å². The summed E-state index contributed by atoms with van der Waals surface area (Å²) in [6, 6.07) is 8.78. The van der Waals surface area contributed by atoms with Crippen molar-refractivity contribution in [2.24, 2.45) is 0 Å². The van der Waals surface area contributed by atoms with Crippen LogP contribution in [0.15, 0.2) is 47.4 Å². The first-order valence-corrected chi connectivity index (χ1v) is 9.60. The molecule has 0 atom stereocenters. The quantitative estimate of drug-likeness (QED) is 0.713. The topological polar surface area (TPSA) is 35.5 Å². The lowest BCUT2D eigenvalue weighted by Gasteiger charge is -2.42. The van der Waals surface area contributed by atoms with E-state index in [1.807, 2.05) is 23.2 Å². The van der Waals surface area contributed by atoms with E-state index in [1.54, 1.807) is 22.7 Å². The molecule has 1 aliphatic rings. The normalized spacial score (nSPS) is 15.9. The Labute approximate surface area is 149 Å². The predicted octanol–water partition coefficient (Wildman–Crippen LogP) is 3.61. The van der Waals surface area contributed by atoms with Crippen molar-refractivity contribution in [3.63, 3.8) is 0 Å². The van der Waals surface area contributed by atoms with Gasteiger partial charge in [-0.3, -0.25) is 4.90 Å². The highest BCUT2D eigenvalue weighted by Crippen LogP contribution is 2.26. The fourth-order valence-corrected chi connectivity index (χ4v) is 4.12. The number of aryl methyl sites for hydroxylation is 1. The van der Waals surface area contributed by atoms with E-state index in [0.717, 1.165) is 36.8 Å². The molecule has 1 fully saturated rings. The Kier molecular flexibility index (Phi) is 4.46. The Morgan fingerprint density at radius 3 is 1.96 bits per heavy atom. The molecule has 0 radical (unpaired) electrons. The molecule has 7 heteroatoms. The number of aromatic nitrogens is 2. The van der Waals surface area contributed by atoms with Crippen LogP contribution in [-0.2, 0) is 6.54 Å². The minimum absolute atomic E-state index is 0.825. The number of anilines is 2. The van der Waals surface area contributed by atoms with E-state index in [0.29, 0.717) is 0 Å². The molecule has 0 unspecified atom stereocenters. The van der Waals surface area contributed by atoms with Crippen molar-refractivity contribution in [2.75, 3.05) is 29.8 Å². The van der Waals surface area contributed by atoms with Crippen molar-refractivity contribution >= 4 is 32.9 Å². The number of benzene rings is 1. The van der Waals surface area contributed by atoms with Gasteiger partial charge in [0.1, 0.15) is 0 Å². The fourth-order valence-electron chi connectivity index (χ4n) is 2.86. The lowest BCUT2D eigenvalue weighted by molar-refractivity contribution is 0.234. The van der Waals surface area contributed by atoms with Gasteiger partial charge in [0.25, 0.3) is 0 Å². The molecule has 5 nitrogen and oxygen atoms in total. The third-order valence-electron chi connectivity index (χ3n) is 3.99. The molecule has 0 bridgehead atoms. The van der Waals surface area contributed by atoms with E-state index in [1.165, 1.54) is 11.1 Å². The average molecular weight is 358 g/mol. The smallest absolute Gasteiger partial charge is 0.187 e. The Morgan fingerprint density at radius 2 is 1.46 bits per heavy atom. The van der Waals surface area contributed by atoms with E-state index in [-0.39, 0.29) is 0 Å². The molecule has 3 heterocycles. The van der Waals surface area contributed by atoms with Crippen molar-refractivity contribution in [1.29, 1.82) is 0 Å². The summed E-state index contributed by atoms with van der Waals surface area (Å²) in [4.78, 5) is 16.0. The van der Waals surface area contributed by atoms with Crippen LogP contribution in [0.3, 0.4) is 0 Å². The first kappa shape index (κ1) is 15.6. The molecule has 0 aliphatic carbocycles. The standard InChI is InChI=1S/C17H19N5S2/c1-14-2-4-15(5-3-14)10-20-11-21(16-18-6-8-23-16)13-22(12-20)17-19-7-9-24-17/h2-9H,10-13H2,1H3. The number of thiazole rings is 2. The van der Waals surface area contributed by atoms with Gasteiger partial charge in [-0.1, -0.05) is 29.8 Å². The molecular formula is C17H19N5S2. The van der Waals surface area contributed by atoms with E-state index >= 15 is 0 Å². The Balaban J connectivity index is 1.55. The molecular weight excluding hydrogens is 338 g/mol. The second kappa shape index (κ2) is 6.88. The largest absolute Gasteiger partial charge is 0.317 e. The van der Waals surface area contributed by atoms with Crippen LogP contribution < -0.4 is 9.80 Å². The Bertz CT molecular complexity index is 713. The zero-order valence-electron chi connectivity index (χ0n) is 13.5. The Hall–Kier alpha value is -1.96. The van der Waals surface area contributed by atoms with E-state index < -0.39 is 0 Å². The Morgan fingerprint density at radius 1 is 0.875 bits per heavy atom. The molecule has 2 aromatic heterocycles. The lowest BCUT2D eigenvalue weighted by atomic mass is 10.1. The lowest BCUT2D eigenvalue weighted by Crippen LogP contribution is -2.55. The molecule has 0 N–H and O–H groups in total. The minimum atomic E-state index is 0.825. The van der Waals surface area contributed by atoms with Crippen LogP contribution >= 0.6 is 22.7 Å². The van der Waals surface area contributed by atoms with Gasteiger partial charge in [-0.25, -0.2) is 9.97 Å². The van der Waals surface area contributed by atoms with E-state index in [2.05, 4.69) is 55.9 Å². The monoisotopic (exact) mass is 357 g/mol. The zero-order valence-corrected chi connectivity index (χ0v) is 15.1. The third-order valence-corrected chi connectivity index (χ3v) is 5.65. The van der Waals surface area contributed by atoms with E-state index in [4.69, 9.17) is 0 Å². The van der Waals surface area contributed by atoms with Crippen LogP contribution in [0.2, 0.25) is 0 Å². The summed E-state index contributed by atoms with van der Waals surface area (Å²) in [5, 5.41) is 6.18. The van der Waals surface area contributed by atoms with Gasteiger partial charge in [-0.2, -0.15) is 0 Å². The number of nitrogens with zero attached hydrogens (tertiary/aromatic N) is 5. The van der Waals surface area contributed by atoms with Crippen molar-refractivity contribution in [2.45, 2.75) is 13.5 Å². The van der Waals surface area contributed by atoms with Gasteiger partial charge in [-0.15, -0.1) is 22.7 Å². The van der Waals surface area contributed by atoms with Crippen LogP contribution in [0.4, 0.5) is 10.3 Å². The molecule has 1 saturated heterocycles. The van der Waals surface area contributed by atoms with Crippen LogP contribution in [-0.4, -0.2) is 34.9 Å². The van der Waals surface area contributed by atoms with Crippen LogP contribution in [0.1, 0.15) is 11.1 Å². The molecule has 0 spiro atoms. The van der Waals surface area contributed by atoms with Gasteiger partial charge in [0, 0.05) is 29.7 Å². The number of rotatable bonds is 4. The maximum Gasteiger partial charge on any atom is 0.187 e. The second-order valence-corrected chi connectivity index (χ2v) is 7.69. The first-order chi connectivity index (χ1) is 11.8. The van der Waals surface area contributed by atoms with Crippen LogP contribution in [0, 0.1) is 6.92 Å². The molecule has 1 aromatic carbocycles. The number of hydrogen-bond donors (Lipinski definition) is 0. The highest BCUT2D eigenvalue weighted by molar-refractivity contribution is 7.14. The summed E-state index contributed by atoms with van der Waals surface area (Å²) in [6.45, 7) is 5.63. The van der Waals surface area contributed by atoms with Crippen LogP contribution in [0.5, 0.6) is 0 Å². The fraction of sp³-hybridized carbons (Fsp3) is 0.294. The van der Waals surface area contributed by atoms with Gasteiger partial charge >= 0.3 is 0 Å². The molecule has 0 saturated carbocycles.